The average molecular weight is 211 g/mol. The second-order valence-electron chi connectivity index (χ2n) is 5.54. The zero-order chi connectivity index (χ0) is 11.0. The fraction of sp³-hybridized carbons (Fsp3) is 1.00. The van der Waals surface area contributed by atoms with Gasteiger partial charge < -0.3 is 5.73 Å². The molecule has 0 aromatic rings. The number of nitrogens with two attached hydrogens (primary N) is 1. The third-order valence-corrected chi connectivity index (χ3v) is 4.35. The van der Waals surface area contributed by atoms with E-state index in [2.05, 4.69) is 30.7 Å². The van der Waals surface area contributed by atoms with Gasteiger partial charge in [-0.2, -0.15) is 0 Å². The maximum Gasteiger partial charge on any atom is 0.0195 e. The molecule has 1 aliphatic heterocycles. The van der Waals surface area contributed by atoms with Gasteiger partial charge in [0.1, 0.15) is 0 Å². The molecule has 4 unspecified atom stereocenters. The van der Waals surface area contributed by atoms with Gasteiger partial charge in [-0.05, 0) is 40.2 Å². The van der Waals surface area contributed by atoms with E-state index in [1.165, 1.54) is 32.4 Å². The Morgan fingerprint density at radius 2 is 1.67 bits per heavy atom. The lowest BCUT2D eigenvalue weighted by molar-refractivity contribution is 0.0349. The molecule has 0 amide bonds. The number of likely N-dealkylation sites (N-methyl/N-ethyl adjacent to an activating group) is 1. The third kappa shape index (κ3) is 2.35. The van der Waals surface area contributed by atoms with E-state index in [0.717, 1.165) is 6.04 Å². The highest BCUT2D eigenvalue weighted by molar-refractivity contribution is 4.91. The summed E-state index contributed by atoms with van der Waals surface area (Å²) >= 11 is 0. The molecule has 1 saturated carbocycles. The van der Waals surface area contributed by atoms with E-state index < -0.39 is 0 Å². The van der Waals surface area contributed by atoms with E-state index in [0.29, 0.717) is 18.1 Å². The van der Waals surface area contributed by atoms with Gasteiger partial charge in [-0.15, -0.1) is 0 Å². The molecule has 2 fully saturated rings. The Kier molecular flexibility index (Phi) is 3.33. The molecular formula is C12H25N3. The topological polar surface area (TPSA) is 32.5 Å². The van der Waals surface area contributed by atoms with E-state index >= 15 is 0 Å². The van der Waals surface area contributed by atoms with Crippen LogP contribution >= 0.6 is 0 Å². The first-order valence-electron chi connectivity index (χ1n) is 6.29. The maximum absolute atomic E-state index is 5.99. The Bertz CT molecular complexity index is 207. The van der Waals surface area contributed by atoms with Crippen molar-refractivity contribution in [3.05, 3.63) is 0 Å². The standard InChI is InChI=1S/C12H25N3/c1-9-7-15(8-10(2)14(9)3)12-5-4-11(13)6-12/h9-12H,4-8,13H2,1-3H3. The summed E-state index contributed by atoms with van der Waals surface area (Å²) in [7, 11) is 2.24. The summed E-state index contributed by atoms with van der Waals surface area (Å²) in [6, 6.07) is 2.59. The molecular weight excluding hydrogens is 186 g/mol. The lowest BCUT2D eigenvalue weighted by atomic mass is 10.1. The minimum Gasteiger partial charge on any atom is -0.328 e. The van der Waals surface area contributed by atoms with Crippen LogP contribution in [0.15, 0.2) is 0 Å². The first-order valence-corrected chi connectivity index (χ1v) is 6.29. The summed E-state index contributed by atoms with van der Waals surface area (Å²) in [6.07, 6.45) is 3.74. The van der Waals surface area contributed by atoms with Gasteiger partial charge in [0, 0.05) is 37.3 Å². The summed E-state index contributed by atoms with van der Waals surface area (Å²) in [6.45, 7) is 7.10. The van der Waals surface area contributed by atoms with Gasteiger partial charge in [-0.1, -0.05) is 0 Å². The summed E-state index contributed by atoms with van der Waals surface area (Å²) in [5.41, 5.74) is 5.99. The lowest BCUT2D eigenvalue weighted by Gasteiger charge is -2.45. The maximum atomic E-state index is 5.99. The van der Waals surface area contributed by atoms with Gasteiger partial charge in [0.25, 0.3) is 0 Å². The summed E-state index contributed by atoms with van der Waals surface area (Å²) < 4.78 is 0. The number of nitrogens with zero attached hydrogens (tertiary/aromatic N) is 2. The number of hydrogen-bond acceptors (Lipinski definition) is 3. The Morgan fingerprint density at radius 3 is 2.13 bits per heavy atom. The van der Waals surface area contributed by atoms with Crippen molar-refractivity contribution in [2.24, 2.45) is 5.73 Å². The quantitative estimate of drug-likeness (QED) is 0.699. The second-order valence-corrected chi connectivity index (χ2v) is 5.54. The van der Waals surface area contributed by atoms with Crippen LogP contribution in [0.25, 0.3) is 0 Å². The third-order valence-electron chi connectivity index (χ3n) is 4.35. The summed E-state index contributed by atoms with van der Waals surface area (Å²) in [5.74, 6) is 0. The second kappa shape index (κ2) is 4.40. The Balaban J connectivity index is 1.94. The molecule has 15 heavy (non-hydrogen) atoms. The van der Waals surface area contributed by atoms with Crippen molar-refractivity contribution in [2.75, 3.05) is 20.1 Å². The minimum atomic E-state index is 0.459. The zero-order valence-corrected chi connectivity index (χ0v) is 10.3. The van der Waals surface area contributed by atoms with E-state index in [1.54, 1.807) is 0 Å². The van der Waals surface area contributed by atoms with Crippen LogP contribution in [0.2, 0.25) is 0 Å². The SMILES string of the molecule is CC1CN(C2CCC(N)C2)CC(C)N1C. The molecule has 88 valence electrons. The average Bonchev–Trinajstić information content (AvgIpc) is 2.60. The molecule has 1 saturated heterocycles. The number of hydrogen-bond donors (Lipinski definition) is 1. The van der Waals surface area contributed by atoms with Crippen molar-refractivity contribution in [1.82, 2.24) is 9.80 Å². The molecule has 2 N–H and O–H groups in total. The highest BCUT2D eigenvalue weighted by atomic mass is 15.3. The first kappa shape index (κ1) is 11.4. The molecule has 4 atom stereocenters. The summed E-state index contributed by atoms with van der Waals surface area (Å²) in [5, 5.41) is 0. The van der Waals surface area contributed by atoms with Crippen molar-refractivity contribution < 1.29 is 0 Å². The van der Waals surface area contributed by atoms with Gasteiger partial charge in [0.15, 0.2) is 0 Å². The molecule has 1 heterocycles. The fourth-order valence-electron chi connectivity index (χ4n) is 3.07. The van der Waals surface area contributed by atoms with Gasteiger partial charge >= 0.3 is 0 Å². The molecule has 0 aromatic carbocycles. The van der Waals surface area contributed by atoms with Gasteiger partial charge in [-0.3, -0.25) is 9.80 Å². The normalized spacial score (nSPS) is 44.8. The molecule has 2 rings (SSSR count). The van der Waals surface area contributed by atoms with Crippen LogP contribution < -0.4 is 5.73 Å². The fourth-order valence-corrected chi connectivity index (χ4v) is 3.07. The highest BCUT2D eigenvalue weighted by Crippen LogP contribution is 2.26. The van der Waals surface area contributed by atoms with Gasteiger partial charge in [0.05, 0.1) is 0 Å². The largest absolute Gasteiger partial charge is 0.328 e. The Hall–Kier alpha value is -0.120. The van der Waals surface area contributed by atoms with Crippen molar-refractivity contribution in [1.29, 1.82) is 0 Å². The van der Waals surface area contributed by atoms with E-state index in [1.807, 2.05) is 0 Å². The van der Waals surface area contributed by atoms with E-state index in [9.17, 15) is 0 Å². The molecule has 3 nitrogen and oxygen atoms in total. The van der Waals surface area contributed by atoms with Crippen LogP contribution in [0.5, 0.6) is 0 Å². The van der Waals surface area contributed by atoms with Crippen LogP contribution in [-0.2, 0) is 0 Å². The van der Waals surface area contributed by atoms with Crippen LogP contribution in [-0.4, -0.2) is 54.1 Å². The molecule has 0 bridgehead atoms. The summed E-state index contributed by atoms with van der Waals surface area (Å²) in [4.78, 5) is 5.16. The van der Waals surface area contributed by atoms with Crippen molar-refractivity contribution in [2.45, 2.75) is 57.3 Å². The molecule has 3 heteroatoms. The Labute approximate surface area is 93.6 Å². The number of rotatable bonds is 1. The minimum absolute atomic E-state index is 0.459. The highest BCUT2D eigenvalue weighted by Gasteiger charge is 2.33. The predicted octanol–water partition coefficient (Wildman–Crippen LogP) is 0.891. The zero-order valence-electron chi connectivity index (χ0n) is 10.3. The molecule has 0 aromatic heterocycles. The molecule has 2 aliphatic rings. The predicted molar refractivity (Wildman–Crippen MR) is 63.9 cm³/mol. The van der Waals surface area contributed by atoms with Crippen LogP contribution in [0.1, 0.15) is 33.1 Å². The smallest absolute Gasteiger partial charge is 0.0195 e. The van der Waals surface area contributed by atoms with Crippen molar-refractivity contribution >= 4 is 0 Å². The van der Waals surface area contributed by atoms with Gasteiger partial charge in [0.2, 0.25) is 0 Å². The lowest BCUT2D eigenvalue weighted by Crippen LogP contribution is -2.57. The first-order chi connectivity index (χ1) is 7.08. The van der Waals surface area contributed by atoms with Crippen LogP contribution in [0, 0.1) is 0 Å². The van der Waals surface area contributed by atoms with Crippen LogP contribution in [0.4, 0.5) is 0 Å². The number of piperazine rings is 1. The van der Waals surface area contributed by atoms with E-state index in [4.69, 9.17) is 5.73 Å². The van der Waals surface area contributed by atoms with Crippen molar-refractivity contribution in [3.63, 3.8) is 0 Å². The van der Waals surface area contributed by atoms with Crippen LogP contribution in [0.3, 0.4) is 0 Å². The monoisotopic (exact) mass is 211 g/mol. The molecule has 0 radical (unpaired) electrons. The van der Waals surface area contributed by atoms with Crippen molar-refractivity contribution in [3.8, 4) is 0 Å². The Morgan fingerprint density at radius 1 is 1.07 bits per heavy atom. The van der Waals surface area contributed by atoms with Gasteiger partial charge in [-0.25, -0.2) is 0 Å². The molecule has 1 aliphatic carbocycles. The van der Waals surface area contributed by atoms with E-state index in [-0.39, 0.29) is 0 Å². The molecule has 0 spiro atoms.